The van der Waals surface area contributed by atoms with Crippen molar-refractivity contribution in [3.63, 3.8) is 0 Å². The highest BCUT2D eigenvalue weighted by Gasteiger charge is 2.84. The van der Waals surface area contributed by atoms with Gasteiger partial charge in [0.25, 0.3) is 0 Å². The van der Waals surface area contributed by atoms with Crippen molar-refractivity contribution < 1.29 is 70.0 Å². The number of rotatable bonds is 10. The van der Waals surface area contributed by atoms with Crippen LogP contribution in [0.5, 0.6) is 0 Å². The standard InChI is InChI=1S/C41H70O14/c1-19(8-9-25(45)37(4,5)51)27-22(53-35-32(50)30(48)29(47)23(16-42)54-35)15-39(7)24-14-20(43)33-36(2,3)26(55-34-31(49)28(46)21(44)17-52-34)10-11-41(33)18-40(24,41)13-12-38(27,39)6/h19-35,42-51H,8-18H2,1-7H3/t19-,20+,21-,22+,23-,24+,25-,26+,27+,28+,29-,30+,31-,32-,33?,34+,35-,38-,39+,40+,41-/m1/s1. The van der Waals surface area contributed by atoms with Crippen LogP contribution in [0.2, 0.25) is 0 Å². The normalized spacial score (nSPS) is 54.4. The fourth-order valence-corrected chi connectivity index (χ4v) is 14.2. The van der Waals surface area contributed by atoms with Crippen LogP contribution in [0.4, 0.5) is 0 Å². The highest BCUT2D eigenvalue weighted by atomic mass is 16.7. The van der Waals surface area contributed by atoms with E-state index in [0.29, 0.717) is 32.1 Å². The van der Waals surface area contributed by atoms with E-state index in [1.807, 2.05) is 0 Å². The Bertz CT molecular complexity index is 1390. The third kappa shape index (κ3) is 6.33. The highest BCUT2D eigenvalue weighted by Crippen LogP contribution is 2.89. The van der Waals surface area contributed by atoms with E-state index in [1.165, 1.54) is 0 Å². The average Bonchev–Trinajstić information content (AvgIpc) is 3.69. The van der Waals surface area contributed by atoms with E-state index in [9.17, 15) is 51.1 Å². The Morgan fingerprint density at radius 1 is 0.782 bits per heavy atom. The molecule has 2 spiro atoms. The van der Waals surface area contributed by atoms with Crippen molar-refractivity contribution in [1.82, 2.24) is 0 Å². The van der Waals surface area contributed by atoms with E-state index in [2.05, 4.69) is 34.6 Å². The summed E-state index contributed by atoms with van der Waals surface area (Å²) in [6, 6.07) is 0. The van der Waals surface area contributed by atoms with Gasteiger partial charge in [-0.15, -0.1) is 0 Å². The monoisotopic (exact) mass is 786 g/mol. The molecular formula is C41H70O14. The smallest absolute Gasteiger partial charge is 0.186 e. The Morgan fingerprint density at radius 3 is 2.11 bits per heavy atom. The van der Waals surface area contributed by atoms with Crippen LogP contribution in [-0.4, -0.2) is 150 Å². The zero-order chi connectivity index (χ0) is 40.4. The van der Waals surface area contributed by atoms with Crippen molar-refractivity contribution in [2.75, 3.05) is 13.2 Å². The third-order valence-electron chi connectivity index (χ3n) is 17.3. The van der Waals surface area contributed by atoms with Crippen LogP contribution in [0, 0.1) is 50.7 Å². The van der Waals surface area contributed by atoms with Crippen molar-refractivity contribution in [3.05, 3.63) is 0 Å². The summed E-state index contributed by atoms with van der Waals surface area (Å²) in [5.74, 6) is -0.0267. The van der Waals surface area contributed by atoms with E-state index < -0.39 is 91.2 Å². The number of aliphatic hydroxyl groups excluding tert-OH is 9. The first-order valence-corrected chi connectivity index (χ1v) is 20.9. The zero-order valence-electron chi connectivity index (χ0n) is 33.7. The van der Waals surface area contributed by atoms with Crippen molar-refractivity contribution in [2.45, 2.75) is 192 Å². The Labute approximate surface area is 325 Å². The minimum atomic E-state index is -1.57. The van der Waals surface area contributed by atoms with E-state index in [4.69, 9.17) is 18.9 Å². The number of hydrogen-bond donors (Lipinski definition) is 10. The highest BCUT2D eigenvalue weighted by molar-refractivity contribution is 5.32. The second-order valence-electron chi connectivity index (χ2n) is 20.7. The molecule has 14 nitrogen and oxygen atoms in total. The zero-order valence-corrected chi connectivity index (χ0v) is 33.7. The molecule has 0 radical (unpaired) electrons. The van der Waals surface area contributed by atoms with Gasteiger partial charge in [0, 0.05) is 0 Å². The molecule has 0 aromatic carbocycles. The van der Waals surface area contributed by atoms with Gasteiger partial charge in [-0.2, -0.15) is 0 Å². The quantitative estimate of drug-likeness (QED) is 0.136. The lowest BCUT2D eigenvalue weighted by molar-refractivity contribution is -0.315. The Kier molecular flexibility index (Phi) is 11.1. The first-order valence-electron chi connectivity index (χ1n) is 20.9. The fraction of sp³-hybridized carbons (Fsp3) is 1.00. The van der Waals surface area contributed by atoms with E-state index in [-0.39, 0.29) is 58.0 Å². The summed E-state index contributed by atoms with van der Waals surface area (Å²) in [5, 5.41) is 107. The van der Waals surface area contributed by atoms with E-state index in [0.717, 1.165) is 25.7 Å². The molecule has 318 valence electrons. The lowest BCUT2D eigenvalue weighted by Gasteiger charge is -2.64. The van der Waals surface area contributed by atoms with Gasteiger partial charge >= 0.3 is 0 Å². The molecule has 14 heteroatoms. The summed E-state index contributed by atoms with van der Waals surface area (Å²) in [4.78, 5) is 0. The molecule has 2 aliphatic heterocycles. The minimum Gasteiger partial charge on any atom is -0.394 e. The molecule has 5 saturated carbocycles. The van der Waals surface area contributed by atoms with Gasteiger partial charge in [0.2, 0.25) is 0 Å². The van der Waals surface area contributed by atoms with Gasteiger partial charge in [0.1, 0.15) is 42.7 Å². The van der Waals surface area contributed by atoms with Gasteiger partial charge in [-0.3, -0.25) is 0 Å². The minimum absolute atomic E-state index is 0.00527. The molecule has 2 saturated heterocycles. The molecule has 0 aromatic heterocycles. The maximum Gasteiger partial charge on any atom is 0.186 e. The van der Waals surface area contributed by atoms with Crippen molar-refractivity contribution in [1.29, 1.82) is 0 Å². The summed E-state index contributed by atoms with van der Waals surface area (Å²) in [6.07, 6.45) is -7.95. The van der Waals surface area contributed by atoms with Gasteiger partial charge < -0.3 is 70.0 Å². The predicted molar refractivity (Wildman–Crippen MR) is 196 cm³/mol. The van der Waals surface area contributed by atoms with Gasteiger partial charge in [0.15, 0.2) is 12.6 Å². The molecule has 5 aliphatic carbocycles. The number of ether oxygens (including phenoxy) is 4. The van der Waals surface area contributed by atoms with Crippen LogP contribution in [-0.2, 0) is 18.9 Å². The molecule has 1 unspecified atom stereocenters. The van der Waals surface area contributed by atoms with Gasteiger partial charge in [0.05, 0.1) is 43.2 Å². The van der Waals surface area contributed by atoms with Crippen LogP contribution >= 0.6 is 0 Å². The summed E-state index contributed by atoms with van der Waals surface area (Å²) in [5.41, 5.74) is -2.55. The van der Waals surface area contributed by atoms with Gasteiger partial charge in [-0.05, 0) is 122 Å². The maximum absolute atomic E-state index is 12.4. The molecule has 0 amide bonds. The Balaban J connectivity index is 1.17. The second-order valence-corrected chi connectivity index (χ2v) is 20.7. The Morgan fingerprint density at radius 2 is 1.45 bits per heavy atom. The van der Waals surface area contributed by atoms with Gasteiger partial charge in [-0.1, -0.05) is 34.6 Å². The van der Waals surface area contributed by atoms with Crippen molar-refractivity contribution in [3.8, 4) is 0 Å². The molecule has 21 atom stereocenters. The lowest BCUT2D eigenvalue weighted by atomic mass is 9.41. The maximum atomic E-state index is 12.4. The molecule has 0 bridgehead atoms. The van der Waals surface area contributed by atoms with Crippen molar-refractivity contribution >= 4 is 0 Å². The molecule has 2 heterocycles. The number of hydrogen-bond acceptors (Lipinski definition) is 14. The molecule has 7 aliphatic rings. The van der Waals surface area contributed by atoms with Crippen LogP contribution in [0.15, 0.2) is 0 Å². The summed E-state index contributed by atoms with van der Waals surface area (Å²) < 4.78 is 24.7. The lowest BCUT2D eigenvalue weighted by Crippen LogP contribution is -2.62. The SMILES string of the molecule is C[C@H](CC[C@@H](O)C(C)(C)O)[C@H]1[C@@H](O[C@@H]2O[C@H](CO)[C@@H](O)[C@H](O)[C@H]2O)C[C@@]2(C)[C@@H]3C[C@H](O)C4C(C)(C)[C@@H](O[C@@H]5OC[C@@H](O)[C@H](O)[C@H]5O)CC[C@@]45C[C@@]35CC[C@]12C. The molecular weight excluding hydrogens is 716 g/mol. The third-order valence-corrected chi connectivity index (χ3v) is 17.3. The predicted octanol–water partition coefficient (Wildman–Crippen LogP) is 0.564. The first kappa shape index (κ1) is 42.6. The largest absolute Gasteiger partial charge is 0.394 e. The van der Waals surface area contributed by atoms with E-state index in [1.54, 1.807) is 13.8 Å². The molecule has 10 N–H and O–H groups in total. The fourth-order valence-electron chi connectivity index (χ4n) is 14.2. The topological polar surface area (TPSA) is 239 Å². The Hall–Kier alpha value is -0.560. The van der Waals surface area contributed by atoms with Crippen LogP contribution in [0.25, 0.3) is 0 Å². The number of aliphatic hydroxyl groups is 10. The van der Waals surface area contributed by atoms with Crippen LogP contribution in [0.3, 0.4) is 0 Å². The first-order chi connectivity index (χ1) is 25.5. The molecule has 0 aromatic rings. The number of fused-ring (bicyclic) bond motifs is 2. The van der Waals surface area contributed by atoms with Crippen LogP contribution in [0.1, 0.15) is 106 Å². The molecule has 7 fully saturated rings. The summed E-state index contributed by atoms with van der Waals surface area (Å²) in [7, 11) is 0. The van der Waals surface area contributed by atoms with Gasteiger partial charge in [-0.25, -0.2) is 0 Å². The average molecular weight is 787 g/mol. The second kappa shape index (κ2) is 14.3. The molecule has 55 heavy (non-hydrogen) atoms. The van der Waals surface area contributed by atoms with E-state index >= 15 is 0 Å². The van der Waals surface area contributed by atoms with Crippen LogP contribution < -0.4 is 0 Å². The van der Waals surface area contributed by atoms with Crippen molar-refractivity contribution in [2.24, 2.45) is 50.7 Å². The molecule has 7 rings (SSSR count). The summed E-state index contributed by atoms with van der Waals surface area (Å²) >= 11 is 0. The summed E-state index contributed by atoms with van der Waals surface area (Å²) in [6.45, 7) is 13.6.